The molecule has 8 nitrogen and oxygen atoms in total. The summed E-state index contributed by atoms with van der Waals surface area (Å²) in [6.45, 7) is 5.87. The Morgan fingerprint density at radius 1 is 1.08 bits per heavy atom. The molecule has 1 amide bonds. The van der Waals surface area contributed by atoms with E-state index in [1.807, 2.05) is 0 Å². The van der Waals surface area contributed by atoms with E-state index in [2.05, 4.69) is 22.2 Å². The quantitative estimate of drug-likeness (QED) is 0.726. The van der Waals surface area contributed by atoms with E-state index in [4.69, 9.17) is 0 Å². The van der Waals surface area contributed by atoms with Gasteiger partial charge in [-0.15, -0.1) is 0 Å². The molecule has 1 saturated carbocycles. The van der Waals surface area contributed by atoms with Crippen LogP contribution in [0, 0.1) is 5.41 Å². The fourth-order valence-corrected chi connectivity index (χ4v) is 3.36. The highest BCUT2D eigenvalue weighted by molar-refractivity contribution is 5.92. The highest BCUT2D eigenvalue weighted by atomic mass is 16.2. The molecule has 1 aliphatic heterocycles. The van der Waals surface area contributed by atoms with Gasteiger partial charge in [0.05, 0.1) is 0 Å². The molecule has 1 saturated heterocycles. The van der Waals surface area contributed by atoms with Crippen LogP contribution in [0.15, 0.2) is 15.7 Å². The van der Waals surface area contributed by atoms with Crippen molar-refractivity contribution in [2.45, 2.75) is 12.8 Å². The molecular weight excluding hydrogens is 322 g/mol. The molecule has 25 heavy (non-hydrogen) atoms. The molecule has 3 rings (SSSR count). The van der Waals surface area contributed by atoms with Gasteiger partial charge in [0, 0.05) is 64.8 Å². The number of hydrogen-bond acceptors (Lipinski definition) is 5. The number of rotatable bonds is 5. The lowest BCUT2D eigenvalue weighted by atomic mass is 10.1. The molecule has 1 N–H and O–H groups in total. The summed E-state index contributed by atoms with van der Waals surface area (Å²) in [5, 5.41) is 2.93. The summed E-state index contributed by atoms with van der Waals surface area (Å²) >= 11 is 0. The maximum Gasteiger partial charge on any atom is 0.331 e. The molecule has 8 heteroatoms. The second-order valence-electron chi connectivity index (χ2n) is 7.53. The second kappa shape index (κ2) is 6.76. The van der Waals surface area contributed by atoms with Crippen molar-refractivity contribution >= 4 is 5.91 Å². The van der Waals surface area contributed by atoms with E-state index in [0.717, 1.165) is 50.1 Å². The Labute approximate surface area is 147 Å². The number of carbonyl (C=O) groups is 1. The van der Waals surface area contributed by atoms with Crippen molar-refractivity contribution in [1.29, 1.82) is 0 Å². The summed E-state index contributed by atoms with van der Waals surface area (Å²) in [5.74, 6) is -0.359. The standard InChI is InChI=1S/C17H27N5O3/c1-19-6-8-22(9-7-19)12-17(4-5-17)11-18-15(24)13-10-14(23)21(3)16(25)20(13)2/h10H,4-9,11-12H2,1-3H3,(H,18,24). The monoisotopic (exact) mass is 349 g/mol. The molecule has 2 aliphatic rings. The topological polar surface area (TPSA) is 79.6 Å². The van der Waals surface area contributed by atoms with Gasteiger partial charge in [-0.2, -0.15) is 0 Å². The Kier molecular flexibility index (Phi) is 4.83. The lowest BCUT2D eigenvalue weighted by Gasteiger charge is -2.34. The fraction of sp³-hybridized carbons (Fsp3) is 0.706. The molecule has 0 radical (unpaired) electrons. The molecule has 2 heterocycles. The summed E-state index contributed by atoms with van der Waals surface area (Å²) in [5.41, 5.74) is -0.698. The molecule has 2 fully saturated rings. The minimum Gasteiger partial charge on any atom is -0.350 e. The maximum atomic E-state index is 12.5. The van der Waals surface area contributed by atoms with Crippen LogP contribution in [0.5, 0.6) is 0 Å². The first kappa shape index (κ1) is 17.9. The van der Waals surface area contributed by atoms with Crippen molar-refractivity contribution in [2.75, 3.05) is 46.3 Å². The lowest BCUT2D eigenvalue weighted by Crippen LogP contribution is -2.48. The molecule has 1 aromatic rings. The number of nitrogens with one attached hydrogen (secondary N) is 1. The van der Waals surface area contributed by atoms with Gasteiger partial charge in [0.1, 0.15) is 5.69 Å². The van der Waals surface area contributed by atoms with Crippen LogP contribution in [0.4, 0.5) is 0 Å². The zero-order chi connectivity index (χ0) is 18.2. The summed E-state index contributed by atoms with van der Waals surface area (Å²) in [6.07, 6.45) is 2.21. The smallest absolute Gasteiger partial charge is 0.331 e. The third-order valence-corrected chi connectivity index (χ3v) is 5.49. The molecule has 1 aromatic heterocycles. The Balaban J connectivity index is 1.61. The van der Waals surface area contributed by atoms with Crippen LogP contribution >= 0.6 is 0 Å². The van der Waals surface area contributed by atoms with E-state index in [-0.39, 0.29) is 17.0 Å². The van der Waals surface area contributed by atoms with E-state index < -0.39 is 11.2 Å². The molecule has 0 unspecified atom stereocenters. The van der Waals surface area contributed by atoms with Crippen molar-refractivity contribution in [1.82, 2.24) is 24.3 Å². The van der Waals surface area contributed by atoms with Gasteiger partial charge in [-0.05, 0) is 19.9 Å². The predicted molar refractivity (Wildman–Crippen MR) is 94.9 cm³/mol. The zero-order valence-electron chi connectivity index (χ0n) is 15.2. The van der Waals surface area contributed by atoms with Gasteiger partial charge in [-0.25, -0.2) is 4.79 Å². The third kappa shape index (κ3) is 3.85. The van der Waals surface area contributed by atoms with Crippen LogP contribution in [-0.2, 0) is 14.1 Å². The van der Waals surface area contributed by atoms with E-state index in [1.54, 1.807) is 0 Å². The molecular formula is C17H27N5O3. The molecule has 0 spiro atoms. The predicted octanol–water partition coefficient (Wildman–Crippen LogP) is -1.16. The number of likely N-dealkylation sites (N-methyl/N-ethyl adjacent to an activating group) is 1. The average Bonchev–Trinajstić information content (AvgIpc) is 3.36. The number of piperazine rings is 1. The van der Waals surface area contributed by atoms with Crippen LogP contribution < -0.4 is 16.6 Å². The van der Waals surface area contributed by atoms with Gasteiger partial charge in [0.2, 0.25) is 0 Å². The van der Waals surface area contributed by atoms with Gasteiger partial charge >= 0.3 is 5.69 Å². The minimum atomic E-state index is -0.490. The van der Waals surface area contributed by atoms with Crippen molar-refractivity contribution in [3.63, 3.8) is 0 Å². The SMILES string of the molecule is CN1CCN(CC2(CNC(=O)c3cc(=O)n(C)c(=O)n3C)CC2)CC1. The van der Waals surface area contributed by atoms with Gasteiger partial charge in [-0.1, -0.05) is 0 Å². The fourth-order valence-electron chi connectivity index (χ4n) is 3.36. The average molecular weight is 349 g/mol. The maximum absolute atomic E-state index is 12.5. The van der Waals surface area contributed by atoms with Crippen molar-refractivity contribution in [3.05, 3.63) is 32.6 Å². The number of amides is 1. The zero-order valence-corrected chi connectivity index (χ0v) is 15.2. The highest BCUT2D eigenvalue weighted by Crippen LogP contribution is 2.45. The summed E-state index contributed by atoms with van der Waals surface area (Å²) in [4.78, 5) is 41.0. The van der Waals surface area contributed by atoms with Crippen molar-refractivity contribution in [3.8, 4) is 0 Å². The first-order valence-electron chi connectivity index (χ1n) is 8.77. The highest BCUT2D eigenvalue weighted by Gasteiger charge is 2.44. The van der Waals surface area contributed by atoms with Crippen LogP contribution in [0.3, 0.4) is 0 Å². The Bertz CT molecular complexity index is 769. The number of hydrogen-bond donors (Lipinski definition) is 1. The summed E-state index contributed by atoms with van der Waals surface area (Å²) in [7, 11) is 5.05. The van der Waals surface area contributed by atoms with Crippen molar-refractivity contribution in [2.24, 2.45) is 19.5 Å². The molecule has 1 aliphatic carbocycles. The van der Waals surface area contributed by atoms with Crippen molar-refractivity contribution < 1.29 is 4.79 Å². The van der Waals surface area contributed by atoms with E-state index in [0.29, 0.717) is 6.54 Å². The first-order valence-corrected chi connectivity index (χ1v) is 8.77. The van der Waals surface area contributed by atoms with Crippen LogP contribution in [0.2, 0.25) is 0 Å². The Hall–Kier alpha value is -1.93. The van der Waals surface area contributed by atoms with Gasteiger partial charge in [0.15, 0.2) is 0 Å². The Morgan fingerprint density at radius 3 is 2.32 bits per heavy atom. The van der Waals surface area contributed by atoms with Gasteiger partial charge in [-0.3, -0.25) is 18.7 Å². The lowest BCUT2D eigenvalue weighted by molar-refractivity contribution is 0.0917. The Morgan fingerprint density at radius 2 is 1.72 bits per heavy atom. The number of nitrogens with zero attached hydrogens (tertiary/aromatic N) is 4. The van der Waals surface area contributed by atoms with Gasteiger partial charge in [0.25, 0.3) is 11.5 Å². The molecule has 0 aromatic carbocycles. The van der Waals surface area contributed by atoms with Crippen LogP contribution in [-0.4, -0.2) is 71.2 Å². The van der Waals surface area contributed by atoms with Gasteiger partial charge < -0.3 is 15.1 Å². The second-order valence-corrected chi connectivity index (χ2v) is 7.53. The van der Waals surface area contributed by atoms with Crippen LogP contribution in [0.25, 0.3) is 0 Å². The number of carbonyl (C=O) groups excluding carboxylic acids is 1. The normalized spacial score (nSPS) is 20.4. The largest absolute Gasteiger partial charge is 0.350 e. The van der Waals surface area contributed by atoms with E-state index >= 15 is 0 Å². The minimum absolute atomic E-state index is 0.114. The first-order chi connectivity index (χ1) is 11.8. The molecule has 0 atom stereocenters. The molecule has 0 bridgehead atoms. The van der Waals surface area contributed by atoms with E-state index in [1.165, 1.54) is 24.7 Å². The number of aromatic nitrogens is 2. The third-order valence-electron chi connectivity index (χ3n) is 5.49. The van der Waals surface area contributed by atoms with Crippen LogP contribution in [0.1, 0.15) is 23.3 Å². The van der Waals surface area contributed by atoms with E-state index in [9.17, 15) is 14.4 Å². The molecule has 138 valence electrons. The summed E-state index contributed by atoms with van der Waals surface area (Å²) < 4.78 is 2.21. The summed E-state index contributed by atoms with van der Waals surface area (Å²) in [6, 6.07) is 1.22.